The van der Waals surface area contributed by atoms with E-state index in [9.17, 15) is 0 Å². The highest BCUT2D eigenvalue weighted by Gasteiger charge is 2.35. The van der Waals surface area contributed by atoms with Crippen molar-refractivity contribution in [1.29, 1.82) is 0 Å². The normalized spacial score (nSPS) is 32.2. The SMILES string of the molecule is c1ccc2c(c1)C1CCN(CC3CC3)CC2C1. The van der Waals surface area contributed by atoms with E-state index in [4.69, 9.17) is 0 Å². The number of hydrogen-bond acceptors (Lipinski definition) is 1. The van der Waals surface area contributed by atoms with Crippen LogP contribution in [0.25, 0.3) is 0 Å². The van der Waals surface area contributed by atoms with Crippen LogP contribution in [-0.4, -0.2) is 24.5 Å². The van der Waals surface area contributed by atoms with Gasteiger partial charge in [-0.25, -0.2) is 0 Å². The Hall–Kier alpha value is -0.820. The first-order valence-corrected chi connectivity index (χ1v) is 7.21. The Balaban J connectivity index is 1.58. The van der Waals surface area contributed by atoms with Crippen molar-refractivity contribution in [3.05, 3.63) is 35.4 Å². The predicted octanol–water partition coefficient (Wildman–Crippen LogP) is 3.37. The van der Waals surface area contributed by atoms with Crippen molar-refractivity contribution in [2.45, 2.75) is 37.5 Å². The Morgan fingerprint density at radius 1 is 1.00 bits per heavy atom. The van der Waals surface area contributed by atoms with Gasteiger partial charge in [-0.15, -0.1) is 0 Å². The van der Waals surface area contributed by atoms with Crippen molar-refractivity contribution in [1.82, 2.24) is 4.90 Å². The van der Waals surface area contributed by atoms with E-state index in [1.165, 1.54) is 45.3 Å². The molecule has 0 spiro atoms. The van der Waals surface area contributed by atoms with E-state index in [1.807, 2.05) is 0 Å². The smallest absolute Gasteiger partial charge is 0.00507 e. The van der Waals surface area contributed by atoms with Gasteiger partial charge in [0.2, 0.25) is 0 Å². The molecule has 1 saturated heterocycles. The Morgan fingerprint density at radius 3 is 2.53 bits per heavy atom. The molecule has 2 atom stereocenters. The van der Waals surface area contributed by atoms with Gasteiger partial charge in [0.15, 0.2) is 0 Å². The largest absolute Gasteiger partial charge is 0.302 e. The molecule has 2 aliphatic carbocycles. The van der Waals surface area contributed by atoms with Gasteiger partial charge in [-0.2, -0.15) is 0 Å². The van der Waals surface area contributed by atoms with Gasteiger partial charge in [0.1, 0.15) is 0 Å². The van der Waals surface area contributed by atoms with Crippen LogP contribution in [0, 0.1) is 5.92 Å². The van der Waals surface area contributed by atoms with Crippen LogP contribution in [0.2, 0.25) is 0 Å². The number of likely N-dealkylation sites (tertiary alicyclic amines) is 1. The minimum atomic E-state index is 0.831. The molecule has 1 aliphatic heterocycles. The quantitative estimate of drug-likeness (QED) is 0.748. The second-order valence-electron chi connectivity index (χ2n) is 6.25. The van der Waals surface area contributed by atoms with Crippen molar-refractivity contribution in [3.8, 4) is 0 Å². The predicted molar refractivity (Wildman–Crippen MR) is 70.3 cm³/mol. The fourth-order valence-corrected chi connectivity index (χ4v) is 3.87. The molecule has 0 amide bonds. The Bertz CT molecular complexity index is 421. The average Bonchev–Trinajstić information content (AvgIpc) is 3.11. The first-order valence-electron chi connectivity index (χ1n) is 7.21. The summed E-state index contributed by atoms with van der Waals surface area (Å²) < 4.78 is 0. The summed E-state index contributed by atoms with van der Waals surface area (Å²) in [5.41, 5.74) is 3.33. The molecule has 1 aromatic rings. The summed E-state index contributed by atoms with van der Waals surface area (Å²) in [6.45, 7) is 4.04. The van der Waals surface area contributed by atoms with E-state index in [0.717, 1.165) is 17.8 Å². The lowest BCUT2D eigenvalue weighted by atomic mass is 9.97. The molecular formula is C16H21N. The maximum absolute atomic E-state index is 2.75. The van der Waals surface area contributed by atoms with Gasteiger partial charge < -0.3 is 4.90 Å². The van der Waals surface area contributed by atoms with Crippen LogP contribution in [-0.2, 0) is 0 Å². The van der Waals surface area contributed by atoms with Gasteiger partial charge in [-0.05, 0) is 61.1 Å². The minimum absolute atomic E-state index is 0.831. The molecule has 3 aliphatic rings. The van der Waals surface area contributed by atoms with Crippen LogP contribution in [0.3, 0.4) is 0 Å². The lowest BCUT2D eigenvalue weighted by Crippen LogP contribution is -2.30. The number of rotatable bonds is 2. The molecule has 2 fully saturated rings. The summed E-state index contributed by atoms with van der Waals surface area (Å²) in [5.74, 6) is 2.74. The zero-order valence-corrected chi connectivity index (χ0v) is 10.4. The van der Waals surface area contributed by atoms with E-state index in [0.29, 0.717) is 0 Å². The van der Waals surface area contributed by atoms with E-state index < -0.39 is 0 Å². The molecule has 2 unspecified atom stereocenters. The van der Waals surface area contributed by atoms with Gasteiger partial charge in [0.25, 0.3) is 0 Å². The van der Waals surface area contributed by atoms with Gasteiger partial charge in [-0.3, -0.25) is 0 Å². The molecule has 17 heavy (non-hydrogen) atoms. The van der Waals surface area contributed by atoms with Crippen LogP contribution in [0.4, 0.5) is 0 Å². The molecule has 1 heteroatoms. The van der Waals surface area contributed by atoms with Crippen molar-refractivity contribution in [2.75, 3.05) is 19.6 Å². The highest BCUT2D eigenvalue weighted by Crippen LogP contribution is 2.46. The number of fused-ring (bicyclic) bond motifs is 5. The van der Waals surface area contributed by atoms with Crippen molar-refractivity contribution in [2.24, 2.45) is 5.92 Å². The third-order valence-corrected chi connectivity index (χ3v) is 4.93. The van der Waals surface area contributed by atoms with Gasteiger partial charge in [0.05, 0.1) is 0 Å². The second kappa shape index (κ2) is 3.84. The third-order valence-electron chi connectivity index (χ3n) is 4.93. The molecule has 4 rings (SSSR count). The second-order valence-corrected chi connectivity index (χ2v) is 6.25. The zero-order valence-electron chi connectivity index (χ0n) is 10.4. The minimum Gasteiger partial charge on any atom is -0.302 e. The molecule has 1 heterocycles. The zero-order chi connectivity index (χ0) is 11.2. The monoisotopic (exact) mass is 227 g/mol. The molecule has 1 saturated carbocycles. The summed E-state index contributed by atoms with van der Waals surface area (Å²) >= 11 is 0. The van der Waals surface area contributed by atoms with E-state index in [-0.39, 0.29) is 0 Å². The van der Waals surface area contributed by atoms with Crippen LogP contribution in [0.15, 0.2) is 24.3 Å². The summed E-state index contributed by atoms with van der Waals surface area (Å²) in [4.78, 5) is 2.75. The van der Waals surface area contributed by atoms with Crippen LogP contribution in [0.5, 0.6) is 0 Å². The first kappa shape index (κ1) is 10.1. The van der Waals surface area contributed by atoms with E-state index >= 15 is 0 Å². The molecule has 0 N–H and O–H groups in total. The highest BCUT2D eigenvalue weighted by atomic mass is 15.1. The van der Waals surface area contributed by atoms with Crippen LogP contribution >= 0.6 is 0 Å². The fourth-order valence-electron chi connectivity index (χ4n) is 3.87. The Labute approximate surface area is 104 Å². The molecule has 1 aromatic carbocycles. The molecule has 1 nitrogen and oxygen atoms in total. The topological polar surface area (TPSA) is 3.24 Å². The Kier molecular flexibility index (Phi) is 2.29. The van der Waals surface area contributed by atoms with Crippen molar-refractivity contribution in [3.63, 3.8) is 0 Å². The van der Waals surface area contributed by atoms with Crippen LogP contribution in [0.1, 0.15) is 48.6 Å². The van der Waals surface area contributed by atoms with Gasteiger partial charge in [0, 0.05) is 13.1 Å². The summed E-state index contributed by atoms with van der Waals surface area (Å²) in [6.07, 6.45) is 5.78. The number of hydrogen-bond donors (Lipinski definition) is 0. The molecule has 0 radical (unpaired) electrons. The Morgan fingerprint density at radius 2 is 1.76 bits per heavy atom. The van der Waals surface area contributed by atoms with E-state index in [2.05, 4.69) is 29.2 Å². The molecule has 90 valence electrons. The van der Waals surface area contributed by atoms with Crippen molar-refractivity contribution < 1.29 is 0 Å². The number of benzene rings is 1. The third kappa shape index (κ3) is 1.81. The fraction of sp³-hybridized carbons (Fsp3) is 0.625. The van der Waals surface area contributed by atoms with Gasteiger partial charge in [-0.1, -0.05) is 24.3 Å². The van der Waals surface area contributed by atoms with Gasteiger partial charge >= 0.3 is 0 Å². The highest BCUT2D eigenvalue weighted by molar-refractivity contribution is 5.39. The first-order chi connectivity index (χ1) is 8.40. The summed E-state index contributed by atoms with van der Waals surface area (Å²) in [7, 11) is 0. The maximum Gasteiger partial charge on any atom is 0.00507 e. The van der Waals surface area contributed by atoms with Crippen LogP contribution < -0.4 is 0 Å². The van der Waals surface area contributed by atoms with Crippen molar-refractivity contribution >= 4 is 0 Å². The summed E-state index contributed by atoms with van der Waals surface area (Å²) in [5, 5.41) is 0. The summed E-state index contributed by atoms with van der Waals surface area (Å²) in [6, 6.07) is 9.19. The molecule has 0 aromatic heterocycles. The molecular weight excluding hydrogens is 206 g/mol. The number of nitrogens with zero attached hydrogens (tertiary/aromatic N) is 1. The molecule has 2 bridgehead atoms. The maximum atomic E-state index is 2.75. The van der Waals surface area contributed by atoms with E-state index in [1.54, 1.807) is 11.1 Å². The average molecular weight is 227 g/mol. The lowest BCUT2D eigenvalue weighted by molar-refractivity contribution is 0.259. The lowest BCUT2D eigenvalue weighted by Gasteiger charge is -2.25. The standard InChI is InChI=1S/C16H21N/c1-2-4-16-14-9-13(15(16)3-1)7-8-17(11-14)10-12-5-6-12/h1-4,12-14H,5-11H2.